The Kier molecular flexibility index (Phi) is 6.32. The minimum absolute atomic E-state index is 0.0456. The first-order valence-electron chi connectivity index (χ1n) is 8.37. The number of aromatic nitrogens is 1. The number of benzene rings is 1. The molecule has 0 bridgehead atoms. The number of morpholine rings is 1. The van der Waals surface area contributed by atoms with Crippen molar-refractivity contribution < 1.29 is 19.1 Å². The van der Waals surface area contributed by atoms with E-state index in [1.165, 1.54) is 18.4 Å². The number of nitrogens with zero attached hydrogens (tertiary/aromatic N) is 1. The van der Waals surface area contributed by atoms with E-state index in [9.17, 15) is 9.59 Å². The van der Waals surface area contributed by atoms with Crippen LogP contribution in [0.3, 0.4) is 0 Å². The first-order chi connectivity index (χ1) is 12.6. The van der Waals surface area contributed by atoms with Gasteiger partial charge in [-0.1, -0.05) is 12.1 Å². The van der Waals surface area contributed by atoms with Crippen LogP contribution in [0.4, 0.5) is 5.13 Å². The Morgan fingerprint density at radius 2 is 2.35 bits per heavy atom. The summed E-state index contributed by atoms with van der Waals surface area (Å²) < 4.78 is 10.1. The Balaban J connectivity index is 1.56. The number of amides is 1. The first-order valence-corrected chi connectivity index (χ1v) is 9.18. The van der Waals surface area contributed by atoms with Crippen molar-refractivity contribution in [2.45, 2.75) is 18.9 Å². The van der Waals surface area contributed by atoms with Gasteiger partial charge >= 0.3 is 5.97 Å². The van der Waals surface area contributed by atoms with E-state index in [0.717, 1.165) is 17.0 Å². The molecule has 0 radical (unpaired) electrons. The number of anilines is 1. The van der Waals surface area contributed by atoms with Gasteiger partial charge in [0.1, 0.15) is 0 Å². The van der Waals surface area contributed by atoms with E-state index in [-0.39, 0.29) is 17.9 Å². The summed E-state index contributed by atoms with van der Waals surface area (Å²) in [5.74, 6) is -0.439. The van der Waals surface area contributed by atoms with Crippen LogP contribution in [0.5, 0.6) is 0 Å². The van der Waals surface area contributed by atoms with Crippen molar-refractivity contribution in [2.24, 2.45) is 0 Å². The van der Waals surface area contributed by atoms with Crippen LogP contribution >= 0.6 is 11.3 Å². The number of hydrogen-bond donors (Lipinski definition) is 2. The molecule has 1 atom stereocenters. The quantitative estimate of drug-likeness (QED) is 0.749. The van der Waals surface area contributed by atoms with E-state index in [1.807, 2.05) is 12.1 Å². The summed E-state index contributed by atoms with van der Waals surface area (Å²) in [5.41, 5.74) is 1.50. The van der Waals surface area contributed by atoms with E-state index < -0.39 is 0 Å². The summed E-state index contributed by atoms with van der Waals surface area (Å²) in [6.45, 7) is 2.00. The van der Waals surface area contributed by atoms with Crippen molar-refractivity contribution in [1.82, 2.24) is 10.3 Å². The van der Waals surface area contributed by atoms with Gasteiger partial charge in [-0.15, -0.1) is 11.3 Å². The molecule has 1 unspecified atom stereocenters. The number of esters is 1. The summed E-state index contributed by atoms with van der Waals surface area (Å²) in [4.78, 5) is 29.0. The molecule has 2 N–H and O–H groups in total. The maximum Gasteiger partial charge on any atom is 0.337 e. The zero-order valence-corrected chi connectivity index (χ0v) is 15.3. The van der Waals surface area contributed by atoms with Gasteiger partial charge in [-0.25, -0.2) is 9.78 Å². The van der Waals surface area contributed by atoms with Gasteiger partial charge in [-0.2, -0.15) is 0 Å². The van der Waals surface area contributed by atoms with E-state index in [0.29, 0.717) is 36.8 Å². The van der Waals surface area contributed by atoms with Crippen molar-refractivity contribution in [3.63, 3.8) is 0 Å². The van der Waals surface area contributed by atoms with Gasteiger partial charge in [0.05, 0.1) is 25.9 Å². The van der Waals surface area contributed by atoms with E-state index in [2.05, 4.69) is 15.6 Å². The lowest BCUT2D eigenvalue weighted by atomic mass is 10.1. The Hall–Kier alpha value is -2.29. The molecule has 1 fully saturated rings. The van der Waals surface area contributed by atoms with Gasteiger partial charge in [-0.05, 0) is 17.7 Å². The number of thiazole rings is 1. The second-order valence-electron chi connectivity index (χ2n) is 5.98. The molecule has 1 aliphatic rings. The fourth-order valence-corrected chi connectivity index (χ4v) is 3.58. The highest BCUT2D eigenvalue weighted by atomic mass is 32.1. The van der Waals surface area contributed by atoms with Crippen molar-refractivity contribution in [2.75, 3.05) is 32.2 Å². The normalized spacial score (nSPS) is 16.9. The monoisotopic (exact) mass is 375 g/mol. The third-order valence-corrected chi connectivity index (χ3v) is 4.87. The van der Waals surface area contributed by atoms with Gasteiger partial charge in [0, 0.05) is 36.5 Å². The Morgan fingerprint density at radius 3 is 3.12 bits per heavy atom. The fourth-order valence-electron chi connectivity index (χ4n) is 2.72. The van der Waals surface area contributed by atoms with Crippen molar-refractivity contribution in [3.8, 4) is 0 Å². The second kappa shape index (κ2) is 8.88. The highest BCUT2D eigenvalue weighted by molar-refractivity contribution is 7.15. The molecule has 1 aliphatic heterocycles. The molecule has 26 heavy (non-hydrogen) atoms. The number of rotatable bonds is 6. The topological polar surface area (TPSA) is 89.5 Å². The van der Waals surface area contributed by atoms with Crippen LogP contribution in [0.1, 0.15) is 27.2 Å². The number of hydrogen-bond acceptors (Lipinski definition) is 7. The predicted octanol–water partition coefficient (Wildman–Crippen LogP) is 1.84. The Morgan fingerprint density at radius 1 is 1.46 bits per heavy atom. The van der Waals surface area contributed by atoms with Gasteiger partial charge < -0.3 is 20.1 Å². The third-order valence-electron chi connectivity index (χ3n) is 3.96. The summed E-state index contributed by atoms with van der Waals surface area (Å²) in [6.07, 6.45) is 2.74. The van der Waals surface area contributed by atoms with Gasteiger partial charge in [0.15, 0.2) is 5.13 Å². The molecule has 1 amide bonds. The molecule has 7 nitrogen and oxygen atoms in total. The molecule has 138 valence electrons. The Labute approximate surface area is 155 Å². The molecular formula is C18H21N3O4S. The van der Waals surface area contributed by atoms with Crippen LogP contribution in [0.25, 0.3) is 0 Å². The number of carbonyl (C=O) groups is 2. The lowest BCUT2D eigenvalue weighted by Crippen LogP contribution is -2.43. The number of methoxy groups -OCH3 is 1. The standard InChI is InChI=1S/C18H21N3O4S/c1-24-17(23)13-4-2-3-12(7-13)8-15-10-20-18(26-15)21-16(22)9-14-11-25-6-5-19-14/h2-4,7,10,14,19H,5-6,8-9,11H2,1H3,(H,20,21,22). The smallest absolute Gasteiger partial charge is 0.337 e. The lowest BCUT2D eigenvalue weighted by molar-refractivity contribution is -0.117. The van der Waals surface area contributed by atoms with Crippen LogP contribution in [0.15, 0.2) is 30.5 Å². The van der Waals surface area contributed by atoms with Crippen LogP contribution < -0.4 is 10.6 Å². The van der Waals surface area contributed by atoms with Crippen molar-refractivity contribution >= 4 is 28.3 Å². The number of carbonyl (C=O) groups excluding carboxylic acids is 2. The highest BCUT2D eigenvalue weighted by Gasteiger charge is 2.17. The zero-order valence-electron chi connectivity index (χ0n) is 14.5. The summed E-state index contributed by atoms with van der Waals surface area (Å²) in [6, 6.07) is 7.34. The minimum Gasteiger partial charge on any atom is -0.465 e. The van der Waals surface area contributed by atoms with Gasteiger partial charge in [0.25, 0.3) is 0 Å². The van der Waals surface area contributed by atoms with Gasteiger partial charge in [0.2, 0.25) is 5.91 Å². The number of nitrogens with one attached hydrogen (secondary N) is 2. The largest absolute Gasteiger partial charge is 0.465 e. The highest BCUT2D eigenvalue weighted by Crippen LogP contribution is 2.22. The average Bonchev–Trinajstić information content (AvgIpc) is 3.08. The second-order valence-corrected chi connectivity index (χ2v) is 7.09. The van der Waals surface area contributed by atoms with Crippen LogP contribution in [0.2, 0.25) is 0 Å². The summed E-state index contributed by atoms with van der Waals surface area (Å²) in [5, 5.41) is 6.66. The molecule has 2 aromatic rings. The fraction of sp³-hybridized carbons (Fsp3) is 0.389. The third kappa shape index (κ3) is 5.10. The molecule has 0 spiro atoms. The molecule has 2 heterocycles. The molecule has 1 aromatic carbocycles. The average molecular weight is 375 g/mol. The number of ether oxygens (including phenoxy) is 2. The maximum absolute atomic E-state index is 12.1. The first kappa shape index (κ1) is 18.5. The maximum atomic E-state index is 12.1. The Bertz CT molecular complexity index is 771. The van der Waals surface area contributed by atoms with Crippen LogP contribution in [0, 0.1) is 0 Å². The molecule has 0 aliphatic carbocycles. The molecule has 1 aromatic heterocycles. The zero-order chi connectivity index (χ0) is 18.4. The van der Waals surface area contributed by atoms with E-state index in [1.54, 1.807) is 18.3 Å². The SMILES string of the molecule is COC(=O)c1cccc(Cc2cnc(NC(=O)CC3COCCN3)s2)c1. The molecule has 3 rings (SSSR count). The molecule has 8 heteroatoms. The predicted molar refractivity (Wildman–Crippen MR) is 98.6 cm³/mol. The summed E-state index contributed by atoms with van der Waals surface area (Å²) in [7, 11) is 1.36. The summed E-state index contributed by atoms with van der Waals surface area (Å²) >= 11 is 1.43. The van der Waals surface area contributed by atoms with Gasteiger partial charge in [-0.3, -0.25) is 4.79 Å². The van der Waals surface area contributed by atoms with Crippen molar-refractivity contribution in [1.29, 1.82) is 0 Å². The molecule has 0 saturated carbocycles. The van der Waals surface area contributed by atoms with Crippen LogP contribution in [-0.4, -0.2) is 49.8 Å². The lowest BCUT2D eigenvalue weighted by Gasteiger charge is -2.22. The molecular weight excluding hydrogens is 354 g/mol. The minimum atomic E-state index is -0.357. The van der Waals surface area contributed by atoms with Crippen LogP contribution in [-0.2, 0) is 20.7 Å². The van der Waals surface area contributed by atoms with E-state index >= 15 is 0 Å². The molecule has 1 saturated heterocycles. The van der Waals surface area contributed by atoms with E-state index in [4.69, 9.17) is 9.47 Å². The van der Waals surface area contributed by atoms with Crippen molar-refractivity contribution in [3.05, 3.63) is 46.5 Å².